The molecular formula is C11H15F2NO. The van der Waals surface area contributed by atoms with Crippen molar-refractivity contribution in [2.75, 3.05) is 0 Å². The standard InChI is InChI=1S/C11H15F2NO/c12-10-2-7-1-9(4-10,8(14)15)5-11(13,3-7)6-10/h7H,1-6H2,(H2,14,15)/t7?,9?,10-,11+. The van der Waals surface area contributed by atoms with Crippen LogP contribution in [-0.2, 0) is 4.79 Å². The number of alkyl halides is 2. The van der Waals surface area contributed by atoms with Crippen molar-refractivity contribution in [1.82, 2.24) is 0 Å². The zero-order chi connectivity index (χ0) is 10.9. The first-order chi connectivity index (χ1) is 6.85. The minimum atomic E-state index is -1.47. The van der Waals surface area contributed by atoms with E-state index in [0.29, 0.717) is 19.3 Å². The molecule has 4 heteroatoms. The van der Waals surface area contributed by atoms with Gasteiger partial charge >= 0.3 is 0 Å². The Balaban J connectivity index is 2.05. The quantitative estimate of drug-likeness (QED) is 0.713. The first-order valence-electron chi connectivity index (χ1n) is 5.53. The maximum atomic E-state index is 14.3. The highest BCUT2D eigenvalue weighted by Gasteiger charge is 2.66. The fraction of sp³-hybridized carbons (Fsp3) is 0.909. The van der Waals surface area contributed by atoms with Crippen molar-refractivity contribution in [3.05, 3.63) is 0 Å². The van der Waals surface area contributed by atoms with Crippen LogP contribution in [-0.4, -0.2) is 17.2 Å². The van der Waals surface area contributed by atoms with Crippen LogP contribution in [0.15, 0.2) is 0 Å². The third-order valence-electron chi connectivity index (χ3n) is 4.46. The summed E-state index contributed by atoms with van der Waals surface area (Å²) in [5, 5.41) is 0. The Bertz CT molecular complexity index is 325. The van der Waals surface area contributed by atoms with Gasteiger partial charge in [0.2, 0.25) is 5.91 Å². The van der Waals surface area contributed by atoms with E-state index in [9.17, 15) is 13.6 Å². The maximum absolute atomic E-state index is 14.3. The molecule has 4 atom stereocenters. The minimum absolute atomic E-state index is 0.0174. The summed E-state index contributed by atoms with van der Waals surface area (Å²) < 4.78 is 28.6. The SMILES string of the molecule is NC(=O)C12CC3C[C@@](F)(C1)C[C@](F)(C3)C2. The molecule has 15 heavy (non-hydrogen) atoms. The summed E-state index contributed by atoms with van der Waals surface area (Å²) in [6, 6.07) is 0. The molecule has 4 aliphatic carbocycles. The van der Waals surface area contributed by atoms with Crippen molar-refractivity contribution in [3.63, 3.8) is 0 Å². The predicted molar refractivity (Wildman–Crippen MR) is 50.5 cm³/mol. The predicted octanol–water partition coefficient (Wildman–Crippen LogP) is 1.87. The molecule has 2 nitrogen and oxygen atoms in total. The van der Waals surface area contributed by atoms with Crippen molar-refractivity contribution in [2.24, 2.45) is 17.1 Å². The van der Waals surface area contributed by atoms with Crippen LogP contribution in [0.3, 0.4) is 0 Å². The van der Waals surface area contributed by atoms with Gasteiger partial charge in [-0.1, -0.05) is 0 Å². The molecular weight excluding hydrogens is 200 g/mol. The highest BCUT2D eigenvalue weighted by atomic mass is 19.2. The van der Waals surface area contributed by atoms with Crippen LogP contribution in [0.1, 0.15) is 38.5 Å². The topological polar surface area (TPSA) is 43.1 Å². The van der Waals surface area contributed by atoms with E-state index in [1.54, 1.807) is 0 Å². The van der Waals surface area contributed by atoms with Crippen LogP contribution in [0.4, 0.5) is 8.78 Å². The van der Waals surface area contributed by atoms with Gasteiger partial charge in [-0.2, -0.15) is 0 Å². The summed E-state index contributed by atoms with van der Waals surface area (Å²) in [5.41, 5.74) is 1.51. The smallest absolute Gasteiger partial charge is 0.223 e. The molecule has 4 fully saturated rings. The molecule has 0 saturated heterocycles. The van der Waals surface area contributed by atoms with E-state index in [1.807, 2.05) is 0 Å². The van der Waals surface area contributed by atoms with Crippen LogP contribution in [0, 0.1) is 11.3 Å². The Labute approximate surface area is 87.2 Å². The van der Waals surface area contributed by atoms with E-state index in [1.165, 1.54) is 0 Å². The number of primary amides is 1. The Hall–Kier alpha value is -0.670. The first kappa shape index (κ1) is 9.55. The number of nitrogens with two attached hydrogens (primary N) is 1. The zero-order valence-corrected chi connectivity index (χ0v) is 8.56. The largest absolute Gasteiger partial charge is 0.369 e. The lowest BCUT2D eigenvalue weighted by Crippen LogP contribution is -2.63. The molecule has 0 aromatic heterocycles. The number of hydrogen-bond donors (Lipinski definition) is 1. The minimum Gasteiger partial charge on any atom is -0.369 e. The molecule has 1 amide bonds. The lowest BCUT2D eigenvalue weighted by atomic mass is 9.47. The van der Waals surface area contributed by atoms with Gasteiger partial charge < -0.3 is 5.73 Å². The second-order valence-electron chi connectivity index (χ2n) is 5.96. The Kier molecular flexibility index (Phi) is 1.50. The summed E-state index contributed by atoms with van der Waals surface area (Å²) in [7, 11) is 0. The molecule has 4 saturated carbocycles. The van der Waals surface area contributed by atoms with Crippen molar-refractivity contribution >= 4 is 5.91 Å². The van der Waals surface area contributed by atoms with Gasteiger partial charge in [0.25, 0.3) is 0 Å². The molecule has 4 aliphatic rings. The second-order valence-corrected chi connectivity index (χ2v) is 5.96. The molecule has 4 bridgehead atoms. The van der Waals surface area contributed by atoms with Crippen LogP contribution in [0.5, 0.6) is 0 Å². The van der Waals surface area contributed by atoms with Crippen LogP contribution >= 0.6 is 0 Å². The summed E-state index contributed by atoms with van der Waals surface area (Å²) in [6.07, 6.45) is 1.72. The van der Waals surface area contributed by atoms with Gasteiger partial charge in [-0.25, -0.2) is 8.78 Å². The van der Waals surface area contributed by atoms with Gasteiger partial charge in [-0.3, -0.25) is 4.79 Å². The fourth-order valence-electron chi connectivity index (χ4n) is 4.48. The van der Waals surface area contributed by atoms with E-state index in [-0.39, 0.29) is 25.2 Å². The maximum Gasteiger partial charge on any atom is 0.223 e. The van der Waals surface area contributed by atoms with Crippen molar-refractivity contribution < 1.29 is 13.6 Å². The van der Waals surface area contributed by atoms with Gasteiger partial charge in [0.05, 0.1) is 5.41 Å². The third-order valence-corrected chi connectivity index (χ3v) is 4.46. The summed E-state index contributed by atoms with van der Waals surface area (Å²) >= 11 is 0. The van der Waals surface area contributed by atoms with E-state index in [0.717, 1.165) is 0 Å². The summed E-state index contributed by atoms with van der Waals surface area (Å²) in [5.74, 6) is -0.487. The molecule has 0 radical (unpaired) electrons. The van der Waals surface area contributed by atoms with Gasteiger partial charge in [-0.15, -0.1) is 0 Å². The lowest BCUT2D eigenvalue weighted by molar-refractivity contribution is -0.183. The van der Waals surface area contributed by atoms with E-state index in [2.05, 4.69) is 0 Å². The number of carbonyl (C=O) groups excluding carboxylic acids is 1. The van der Waals surface area contributed by atoms with Crippen LogP contribution in [0.25, 0.3) is 0 Å². The van der Waals surface area contributed by atoms with Crippen molar-refractivity contribution in [2.45, 2.75) is 49.9 Å². The number of halogens is 2. The molecule has 0 spiro atoms. The third kappa shape index (κ3) is 1.16. The molecule has 2 N–H and O–H groups in total. The highest BCUT2D eigenvalue weighted by Crippen LogP contribution is 2.65. The lowest BCUT2D eigenvalue weighted by Gasteiger charge is -2.59. The second kappa shape index (κ2) is 2.36. The average Bonchev–Trinajstić information content (AvgIpc) is 1.95. The van der Waals surface area contributed by atoms with Crippen LogP contribution in [0.2, 0.25) is 0 Å². The molecule has 0 aromatic carbocycles. The van der Waals surface area contributed by atoms with E-state index < -0.39 is 22.7 Å². The van der Waals surface area contributed by atoms with Gasteiger partial charge in [-0.05, 0) is 38.0 Å². The fourth-order valence-corrected chi connectivity index (χ4v) is 4.48. The Morgan fingerprint density at radius 3 is 2.00 bits per heavy atom. The van der Waals surface area contributed by atoms with E-state index in [4.69, 9.17) is 5.73 Å². The molecule has 0 heterocycles. The van der Waals surface area contributed by atoms with Gasteiger partial charge in [0.15, 0.2) is 0 Å². The number of carbonyl (C=O) groups is 1. The van der Waals surface area contributed by atoms with Crippen molar-refractivity contribution in [3.8, 4) is 0 Å². The number of rotatable bonds is 1. The monoisotopic (exact) mass is 215 g/mol. The van der Waals surface area contributed by atoms with E-state index >= 15 is 0 Å². The molecule has 0 aliphatic heterocycles. The average molecular weight is 215 g/mol. The van der Waals surface area contributed by atoms with Gasteiger partial charge in [0, 0.05) is 6.42 Å². The van der Waals surface area contributed by atoms with Crippen molar-refractivity contribution in [1.29, 1.82) is 0 Å². The number of hydrogen-bond acceptors (Lipinski definition) is 1. The molecule has 4 rings (SSSR count). The summed E-state index contributed by atoms with van der Waals surface area (Å²) in [4.78, 5) is 11.4. The molecule has 2 unspecified atom stereocenters. The normalized spacial score (nSPS) is 57.1. The molecule has 0 aromatic rings. The summed E-state index contributed by atoms with van der Waals surface area (Å²) in [6.45, 7) is 0. The van der Waals surface area contributed by atoms with Crippen LogP contribution < -0.4 is 5.73 Å². The zero-order valence-electron chi connectivity index (χ0n) is 8.56. The Morgan fingerprint density at radius 1 is 1.07 bits per heavy atom. The highest BCUT2D eigenvalue weighted by molar-refractivity contribution is 5.81. The molecule has 84 valence electrons. The van der Waals surface area contributed by atoms with Gasteiger partial charge in [0.1, 0.15) is 11.3 Å². The Morgan fingerprint density at radius 2 is 1.60 bits per heavy atom. The first-order valence-corrected chi connectivity index (χ1v) is 5.53. The number of amides is 1.